The summed E-state index contributed by atoms with van der Waals surface area (Å²) >= 11 is 0. The van der Waals surface area contributed by atoms with Crippen LogP contribution in [0.25, 0.3) is 0 Å². The molecule has 1 fully saturated rings. The molecule has 1 heterocycles. The van der Waals surface area contributed by atoms with Crippen LogP contribution in [0.15, 0.2) is 29.2 Å². The smallest absolute Gasteiger partial charge is 0.253 e. The molecule has 1 saturated heterocycles. The molecular weight excluding hydrogens is 336 g/mol. The molecule has 1 aliphatic rings. The zero-order valence-corrected chi connectivity index (χ0v) is 16.4. The van der Waals surface area contributed by atoms with E-state index < -0.39 is 10.0 Å². The number of hydrogen-bond donors (Lipinski definition) is 0. The van der Waals surface area contributed by atoms with Crippen LogP contribution >= 0.6 is 0 Å². The van der Waals surface area contributed by atoms with Gasteiger partial charge in [0.2, 0.25) is 10.0 Å². The number of piperidine rings is 1. The van der Waals surface area contributed by atoms with Crippen LogP contribution < -0.4 is 0 Å². The first-order valence-electron chi connectivity index (χ1n) is 9.29. The molecule has 0 saturated carbocycles. The molecule has 0 aliphatic carbocycles. The van der Waals surface area contributed by atoms with Crippen LogP contribution in [0.2, 0.25) is 0 Å². The Morgan fingerprint density at radius 3 is 2.28 bits per heavy atom. The third-order valence-corrected chi connectivity index (χ3v) is 6.51. The molecule has 1 aromatic carbocycles. The van der Waals surface area contributed by atoms with E-state index in [1.165, 1.54) is 0 Å². The van der Waals surface area contributed by atoms with Crippen molar-refractivity contribution in [3.05, 3.63) is 29.8 Å². The molecular formula is C19H30N2O3S. The Hall–Kier alpha value is -1.40. The van der Waals surface area contributed by atoms with Crippen LogP contribution in [0.5, 0.6) is 0 Å². The predicted molar refractivity (Wildman–Crippen MR) is 100 cm³/mol. The van der Waals surface area contributed by atoms with Crippen molar-refractivity contribution in [3.63, 3.8) is 0 Å². The quantitative estimate of drug-likeness (QED) is 0.743. The summed E-state index contributed by atoms with van der Waals surface area (Å²) in [4.78, 5) is 14.7. The SMILES string of the molecule is CCCN(CCC)C(=O)c1ccc(S(=O)(=O)N2CCCC(C)C2)cc1. The lowest BCUT2D eigenvalue weighted by atomic mass is 10.0. The van der Waals surface area contributed by atoms with Crippen molar-refractivity contribution in [2.45, 2.75) is 51.3 Å². The number of hydrogen-bond acceptors (Lipinski definition) is 3. The molecule has 140 valence electrons. The van der Waals surface area contributed by atoms with Crippen LogP contribution in [0.4, 0.5) is 0 Å². The second-order valence-electron chi connectivity index (χ2n) is 6.93. The fourth-order valence-corrected chi connectivity index (χ4v) is 4.92. The molecule has 1 amide bonds. The fraction of sp³-hybridized carbons (Fsp3) is 0.632. The van der Waals surface area contributed by atoms with E-state index in [0.29, 0.717) is 24.6 Å². The highest BCUT2D eigenvalue weighted by molar-refractivity contribution is 7.89. The second-order valence-corrected chi connectivity index (χ2v) is 8.86. The van der Waals surface area contributed by atoms with Crippen molar-refractivity contribution >= 4 is 15.9 Å². The lowest BCUT2D eigenvalue weighted by molar-refractivity contribution is 0.0755. The summed E-state index contributed by atoms with van der Waals surface area (Å²) in [5.41, 5.74) is 0.549. The number of nitrogens with zero attached hydrogens (tertiary/aromatic N) is 2. The van der Waals surface area contributed by atoms with Crippen molar-refractivity contribution in [3.8, 4) is 0 Å². The van der Waals surface area contributed by atoms with Crippen LogP contribution in [0.1, 0.15) is 56.8 Å². The van der Waals surface area contributed by atoms with Crippen molar-refractivity contribution in [2.24, 2.45) is 5.92 Å². The van der Waals surface area contributed by atoms with Gasteiger partial charge in [-0.3, -0.25) is 4.79 Å². The largest absolute Gasteiger partial charge is 0.339 e. The normalized spacial score (nSPS) is 18.9. The number of carbonyl (C=O) groups is 1. The molecule has 25 heavy (non-hydrogen) atoms. The van der Waals surface area contributed by atoms with E-state index in [-0.39, 0.29) is 10.8 Å². The third kappa shape index (κ3) is 4.82. The van der Waals surface area contributed by atoms with Crippen LogP contribution in [-0.2, 0) is 10.0 Å². The number of amides is 1. The monoisotopic (exact) mass is 366 g/mol. The van der Waals surface area contributed by atoms with Crippen LogP contribution in [0, 0.1) is 5.92 Å². The van der Waals surface area contributed by atoms with E-state index in [1.54, 1.807) is 28.6 Å². The molecule has 1 aliphatic heterocycles. The van der Waals surface area contributed by atoms with Gasteiger partial charge in [0.1, 0.15) is 0 Å². The zero-order chi connectivity index (χ0) is 18.4. The molecule has 0 spiro atoms. The maximum absolute atomic E-state index is 12.8. The Kier molecular flexibility index (Phi) is 7.02. The highest BCUT2D eigenvalue weighted by Crippen LogP contribution is 2.23. The summed E-state index contributed by atoms with van der Waals surface area (Å²) in [6.45, 7) is 8.77. The van der Waals surface area contributed by atoms with Crippen molar-refractivity contribution < 1.29 is 13.2 Å². The zero-order valence-electron chi connectivity index (χ0n) is 15.6. The minimum absolute atomic E-state index is 0.0285. The second kappa shape index (κ2) is 8.81. The van der Waals surface area contributed by atoms with E-state index in [9.17, 15) is 13.2 Å². The summed E-state index contributed by atoms with van der Waals surface area (Å²) in [5.74, 6) is 0.361. The lowest BCUT2D eigenvalue weighted by Crippen LogP contribution is -2.39. The molecule has 6 heteroatoms. The van der Waals surface area contributed by atoms with E-state index >= 15 is 0 Å². The van der Waals surface area contributed by atoms with E-state index in [2.05, 4.69) is 6.92 Å². The van der Waals surface area contributed by atoms with E-state index in [1.807, 2.05) is 18.7 Å². The molecule has 0 N–H and O–H groups in total. The highest BCUT2D eigenvalue weighted by atomic mass is 32.2. The number of rotatable bonds is 7. The van der Waals surface area contributed by atoms with E-state index in [0.717, 1.165) is 38.8 Å². The van der Waals surface area contributed by atoms with Crippen molar-refractivity contribution in [1.29, 1.82) is 0 Å². The van der Waals surface area contributed by atoms with E-state index in [4.69, 9.17) is 0 Å². The summed E-state index contributed by atoms with van der Waals surface area (Å²) in [7, 11) is -3.47. The average molecular weight is 367 g/mol. The fourth-order valence-electron chi connectivity index (χ4n) is 3.32. The Morgan fingerprint density at radius 1 is 1.16 bits per heavy atom. The standard InChI is InChI=1S/C19H30N2O3S/c1-4-12-20(13-5-2)19(22)17-8-10-18(11-9-17)25(23,24)21-14-6-7-16(3)15-21/h8-11,16H,4-7,12-15H2,1-3H3. The highest BCUT2D eigenvalue weighted by Gasteiger charge is 2.28. The number of benzene rings is 1. The minimum Gasteiger partial charge on any atom is -0.339 e. The van der Waals surface area contributed by atoms with Gasteiger partial charge in [0.25, 0.3) is 5.91 Å². The molecule has 0 radical (unpaired) electrons. The first kappa shape index (κ1) is 19.9. The minimum atomic E-state index is -3.47. The lowest BCUT2D eigenvalue weighted by Gasteiger charge is -2.30. The molecule has 2 rings (SSSR count). The Labute approximate surface area is 152 Å². The average Bonchev–Trinajstić information content (AvgIpc) is 2.61. The first-order valence-corrected chi connectivity index (χ1v) is 10.7. The Balaban J connectivity index is 2.16. The summed E-state index contributed by atoms with van der Waals surface area (Å²) < 4.78 is 27.1. The molecule has 5 nitrogen and oxygen atoms in total. The summed E-state index contributed by atoms with van der Waals surface area (Å²) in [5, 5.41) is 0. The van der Waals surface area contributed by atoms with Crippen LogP contribution in [0.3, 0.4) is 0 Å². The van der Waals surface area contributed by atoms with Gasteiger partial charge in [0.15, 0.2) is 0 Å². The van der Waals surface area contributed by atoms with Gasteiger partial charge >= 0.3 is 0 Å². The van der Waals surface area contributed by atoms with Gasteiger partial charge in [-0.05, 0) is 55.9 Å². The molecule has 0 bridgehead atoms. The number of carbonyl (C=O) groups excluding carboxylic acids is 1. The Bertz CT molecular complexity index is 664. The van der Waals surface area contributed by atoms with Gasteiger partial charge in [-0.1, -0.05) is 20.8 Å². The van der Waals surface area contributed by atoms with Crippen molar-refractivity contribution in [1.82, 2.24) is 9.21 Å². The van der Waals surface area contributed by atoms with Gasteiger partial charge in [0.05, 0.1) is 4.90 Å². The topological polar surface area (TPSA) is 57.7 Å². The molecule has 1 aromatic rings. The van der Waals surface area contributed by atoms with Gasteiger partial charge in [-0.15, -0.1) is 0 Å². The summed E-state index contributed by atoms with van der Waals surface area (Å²) in [6.07, 6.45) is 3.79. The predicted octanol–water partition coefficient (Wildman–Crippen LogP) is 3.37. The molecule has 0 aromatic heterocycles. The van der Waals surface area contributed by atoms with Crippen LogP contribution in [-0.4, -0.2) is 49.7 Å². The molecule has 1 atom stereocenters. The van der Waals surface area contributed by atoms with Gasteiger partial charge in [0, 0.05) is 31.7 Å². The van der Waals surface area contributed by atoms with Gasteiger partial charge in [-0.25, -0.2) is 8.42 Å². The van der Waals surface area contributed by atoms with Gasteiger partial charge in [-0.2, -0.15) is 4.31 Å². The maximum Gasteiger partial charge on any atom is 0.253 e. The number of sulfonamides is 1. The van der Waals surface area contributed by atoms with Gasteiger partial charge < -0.3 is 4.90 Å². The van der Waals surface area contributed by atoms with Crippen molar-refractivity contribution in [2.75, 3.05) is 26.2 Å². The molecule has 1 unspecified atom stereocenters. The Morgan fingerprint density at radius 2 is 1.76 bits per heavy atom. The maximum atomic E-state index is 12.8. The third-order valence-electron chi connectivity index (χ3n) is 4.63. The summed E-state index contributed by atoms with van der Waals surface area (Å²) in [6, 6.07) is 6.41. The first-order chi connectivity index (χ1) is 11.9.